The zero-order valence-corrected chi connectivity index (χ0v) is 39.8. The van der Waals surface area contributed by atoms with Crippen molar-refractivity contribution < 1.29 is 8.83 Å². The van der Waals surface area contributed by atoms with Crippen LogP contribution in [0.3, 0.4) is 0 Å². The first-order valence-electron chi connectivity index (χ1n) is 22.8. The van der Waals surface area contributed by atoms with E-state index in [2.05, 4.69) is 250 Å². The van der Waals surface area contributed by atoms with E-state index < -0.39 is 0 Å². The van der Waals surface area contributed by atoms with Gasteiger partial charge in [-0.15, -0.1) is 0 Å². The van der Waals surface area contributed by atoms with Gasteiger partial charge < -0.3 is 0 Å². The Kier molecular flexibility index (Phi) is 9.05. The SMILES string of the molecule is [Se]c1ccccc1-c1cccc(N(c2ccccc2)c2ccc3cc4c(cc3c2)oc2c4ccc3oc4cc5cc(N(c6ccccc6)c6ccc7[se]c8ccccc8c7c6)ccc5cc4c32)c1. The van der Waals surface area contributed by atoms with E-state index in [1.807, 2.05) is 0 Å². The average Bonchev–Trinajstić information content (AvgIpc) is 4.06. The second-order valence-corrected chi connectivity index (χ2v) is 20.6. The quantitative estimate of drug-likeness (QED) is 0.149. The van der Waals surface area contributed by atoms with Crippen LogP contribution in [0.2, 0.25) is 0 Å². The molecule has 0 amide bonds. The molecule has 14 rings (SSSR count). The van der Waals surface area contributed by atoms with Gasteiger partial charge in [0.05, 0.1) is 0 Å². The molecule has 0 spiro atoms. The van der Waals surface area contributed by atoms with Crippen LogP contribution in [0.1, 0.15) is 0 Å². The second kappa shape index (κ2) is 15.6. The zero-order valence-electron chi connectivity index (χ0n) is 36.4. The summed E-state index contributed by atoms with van der Waals surface area (Å²) in [6.07, 6.45) is 0. The molecule has 0 N–H and O–H groups in total. The Labute approximate surface area is 405 Å². The van der Waals surface area contributed by atoms with E-state index in [9.17, 15) is 0 Å². The maximum absolute atomic E-state index is 6.92. The van der Waals surface area contributed by atoms with E-state index in [4.69, 9.17) is 8.83 Å². The van der Waals surface area contributed by atoms with Crippen LogP contribution in [0.5, 0.6) is 0 Å². The van der Waals surface area contributed by atoms with Crippen LogP contribution in [-0.2, 0) is 0 Å². The van der Waals surface area contributed by atoms with Crippen molar-refractivity contribution in [1.82, 2.24) is 0 Å². The summed E-state index contributed by atoms with van der Waals surface area (Å²) >= 11 is 3.56. The van der Waals surface area contributed by atoms with Gasteiger partial charge in [0.1, 0.15) is 5.58 Å². The van der Waals surface area contributed by atoms with E-state index in [0.29, 0.717) is 14.5 Å². The van der Waals surface area contributed by atoms with Crippen molar-refractivity contribution >= 4 is 154 Å². The first kappa shape index (κ1) is 39.4. The number of rotatable bonds is 7. The molecule has 0 bridgehead atoms. The first-order valence-corrected chi connectivity index (χ1v) is 25.3. The minimum atomic E-state index is 0.316. The van der Waals surface area contributed by atoms with Crippen molar-refractivity contribution in [3.8, 4) is 11.1 Å². The van der Waals surface area contributed by atoms with E-state index >= 15 is 0 Å². The summed E-state index contributed by atoms with van der Waals surface area (Å²) in [6.45, 7) is 0. The minimum absolute atomic E-state index is 0.316. The van der Waals surface area contributed by atoms with Crippen LogP contribution in [0.25, 0.3) is 95.8 Å². The van der Waals surface area contributed by atoms with Crippen molar-refractivity contribution in [3.05, 3.63) is 224 Å². The Morgan fingerprint density at radius 3 is 1.66 bits per heavy atom. The number of benzene rings is 11. The molecule has 6 heteroatoms. The fraction of sp³-hybridized carbons (Fsp3) is 0. The summed E-state index contributed by atoms with van der Waals surface area (Å²) in [5.41, 5.74) is 12.2. The molecule has 0 atom stereocenters. The second-order valence-electron chi connectivity index (χ2n) is 17.4. The first-order chi connectivity index (χ1) is 33.6. The molecule has 0 aliphatic carbocycles. The van der Waals surface area contributed by atoms with Gasteiger partial charge in [-0.2, -0.15) is 0 Å². The van der Waals surface area contributed by atoms with Crippen LogP contribution >= 0.6 is 0 Å². The normalized spacial score (nSPS) is 11.9. The molecule has 319 valence electrons. The molecule has 0 fully saturated rings. The molecule has 0 aliphatic rings. The monoisotopic (exact) mass is 1000 g/mol. The number of hydrogen-bond acceptors (Lipinski definition) is 4. The van der Waals surface area contributed by atoms with Crippen LogP contribution in [-0.4, -0.2) is 30.5 Å². The number of hydrogen-bond donors (Lipinski definition) is 0. The van der Waals surface area contributed by atoms with Gasteiger partial charge in [-0.25, -0.2) is 0 Å². The van der Waals surface area contributed by atoms with Gasteiger partial charge in [0.2, 0.25) is 0 Å². The number of para-hydroxylation sites is 2. The van der Waals surface area contributed by atoms with Gasteiger partial charge in [-0.3, -0.25) is 0 Å². The van der Waals surface area contributed by atoms with Gasteiger partial charge in [0.25, 0.3) is 0 Å². The van der Waals surface area contributed by atoms with Gasteiger partial charge in [-0.05, 0) is 12.1 Å². The van der Waals surface area contributed by atoms with E-state index in [1.54, 1.807) is 0 Å². The van der Waals surface area contributed by atoms with Crippen molar-refractivity contribution in [2.24, 2.45) is 0 Å². The molecular weight excluding hydrogens is 963 g/mol. The van der Waals surface area contributed by atoms with Crippen molar-refractivity contribution in [1.29, 1.82) is 0 Å². The van der Waals surface area contributed by atoms with E-state index in [0.717, 1.165) is 110 Å². The Balaban J connectivity index is 0.873. The third-order valence-electron chi connectivity index (χ3n) is 13.4. The molecule has 0 saturated heterocycles. The average molecular weight is 1000 g/mol. The third-order valence-corrected chi connectivity index (χ3v) is 16.6. The molecule has 11 aromatic carbocycles. The third kappa shape index (κ3) is 6.42. The number of anilines is 6. The Morgan fingerprint density at radius 1 is 0.338 bits per heavy atom. The summed E-state index contributed by atoms with van der Waals surface area (Å²) in [6, 6.07) is 80.9. The summed E-state index contributed by atoms with van der Waals surface area (Å²) in [7, 11) is 0. The number of furan rings is 2. The van der Waals surface area contributed by atoms with E-state index in [1.165, 1.54) is 24.9 Å². The fourth-order valence-electron chi connectivity index (χ4n) is 10.3. The van der Waals surface area contributed by atoms with Crippen LogP contribution in [0.15, 0.2) is 233 Å². The van der Waals surface area contributed by atoms with Gasteiger partial charge in [-0.1, -0.05) is 0 Å². The fourth-order valence-corrected chi connectivity index (χ4v) is 13.1. The molecule has 3 aromatic heterocycles. The van der Waals surface area contributed by atoms with Crippen LogP contribution in [0, 0.1) is 0 Å². The summed E-state index contributed by atoms with van der Waals surface area (Å²) in [5.74, 6) is 0. The molecular formula is C62H37N2O2Se2. The van der Waals surface area contributed by atoms with Crippen molar-refractivity contribution in [2.75, 3.05) is 9.80 Å². The van der Waals surface area contributed by atoms with Gasteiger partial charge >= 0.3 is 385 Å². The van der Waals surface area contributed by atoms with Crippen molar-refractivity contribution in [2.45, 2.75) is 0 Å². The molecule has 1 radical (unpaired) electrons. The van der Waals surface area contributed by atoms with Crippen molar-refractivity contribution in [3.63, 3.8) is 0 Å². The number of nitrogens with zero attached hydrogens (tertiary/aromatic N) is 2. The Morgan fingerprint density at radius 2 is 0.926 bits per heavy atom. The Bertz CT molecular complexity index is 4300. The summed E-state index contributed by atoms with van der Waals surface area (Å²) in [5, 5.41) is 11.4. The summed E-state index contributed by atoms with van der Waals surface area (Å²) < 4.78 is 17.6. The number of fused-ring (bicyclic) bond motifs is 12. The predicted molar refractivity (Wildman–Crippen MR) is 288 cm³/mol. The predicted octanol–water partition coefficient (Wildman–Crippen LogP) is 16.6. The summed E-state index contributed by atoms with van der Waals surface area (Å²) in [4.78, 5) is 4.69. The maximum atomic E-state index is 6.92. The van der Waals surface area contributed by atoms with Gasteiger partial charge in [0.15, 0.2) is 0 Å². The standard InChI is InChI=1S/C62H37N2O2Se2/c67-58-20-9-7-18-49(58)40-12-11-17-45(30-40)63(43-13-3-1-4-14-43)46-24-22-38-33-52-51-27-28-55-61(62(51)66-56(52)35-41(38)31-46)54-34-39-23-25-47(32-42(39)36-57(54)65-55)64(44-15-5-2-6-16-44)48-26-29-60-53(37-48)50-19-8-10-21-59(50)68-60/h1-37H. The zero-order chi connectivity index (χ0) is 44.9. The molecule has 4 nitrogen and oxygen atoms in total. The van der Waals surface area contributed by atoms with Crippen LogP contribution < -0.4 is 14.3 Å². The molecule has 3 heterocycles. The Hall–Kier alpha value is -7.82. The molecule has 0 saturated carbocycles. The topological polar surface area (TPSA) is 32.8 Å². The molecule has 68 heavy (non-hydrogen) atoms. The van der Waals surface area contributed by atoms with E-state index in [-0.39, 0.29) is 0 Å². The molecule has 14 aromatic rings. The molecule has 0 unspecified atom stereocenters. The van der Waals surface area contributed by atoms with Crippen LogP contribution in [0.4, 0.5) is 34.1 Å². The molecule has 0 aliphatic heterocycles. The van der Waals surface area contributed by atoms with Gasteiger partial charge in [0, 0.05) is 5.39 Å².